The number of nitrogens with one attached hydrogen (secondary N) is 2. The summed E-state index contributed by atoms with van der Waals surface area (Å²) in [6, 6.07) is 7.85. The molecule has 2 rings (SSSR count). The lowest BCUT2D eigenvalue weighted by molar-refractivity contribution is 0.126. The minimum atomic E-state index is -0.825. The van der Waals surface area contributed by atoms with Gasteiger partial charge in [-0.2, -0.15) is 0 Å². The zero-order valence-electron chi connectivity index (χ0n) is 11.3. The monoisotopic (exact) mass is 297 g/mol. The molecule has 3 N–H and O–H groups in total. The number of likely N-dealkylation sites (tertiary alicyclic amines) is 1. The van der Waals surface area contributed by atoms with E-state index in [4.69, 9.17) is 16.7 Å². The van der Waals surface area contributed by atoms with Crippen molar-refractivity contribution in [1.82, 2.24) is 10.2 Å². The van der Waals surface area contributed by atoms with Gasteiger partial charge >= 0.3 is 6.09 Å². The van der Waals surface area contributed by atoms with Crippen molar-refractivity contribution in [3.63, 3.8) is 0 Å². The standard InChI is InChI=1S/C14H20ClN3O2/c15-11-3-1-4-12(9-11)16-6-7-17-13-5-2-8-18(10-13)14(19)20/h1,3-4,9,13,16-17H,2,5-8,10H2,(H,19,20)/t13-/m1/s1. The molecule has 1 aromatic carbocycles. The summed E-state index contributed by atoms with van der Waals surface area (Å²) in [7, 11) is 0. The number of carboxylic acid groups (broad SMARTS) is 1. The molecule has 1 aromatic rings. The van der Waals surface area contributed by atoms with Crippen molar-refractivity contribution in [3.8, 4) is 0 Å². The first-order chi connectivity index (χ1) is 9.65. The fourth-order valence-electron chi connectivity index (χ4n) is 2.40. The van der Waals surface area contributed by atoms with Gasteiger partial charge in [-0.3, -0.25) is 0 Å². The molecule has 0 bridgehead atoms. The maximum absolute atomic E-state index is 10.9. The number of amides is 1. The number of benzene rings is 1. The van der Waals surface area contributed by atoms with E-state index in [1.807, 2.05) is 24.3 Å². The zero-order chi connectivity index (χ0) is 14.4. The first-order valence-electron chi connectivity index (χ1n) is 6.86. The third-order valence-corrected chi connectivity index (χ3v) is 3.64. The van der Waals surface area contributed by atoms with Gasteiger partial charge in [0.1, 0.15) is 0 Å². The zero-order valence-corrected chi connectivity index (χ0v) is 12.1. The lowest BCUT2D eigenvalue weighted by Gasteiger charge is -2.31. The Hall–Kier alpha value is -1.46. The van der Waals surface area contributed by atoms with Gasteiger partial charge in [-0.05, 0) is 31.0 Å². The highest BCUT2D eigenvalue weighted by molar-refractivity contribution is 6.30. The van der Waals surface area contributed by atoms with Crippen LogP contribution in [0.3, 0.4) is 0 Å². The van der Waals surface area contributed by atoms with E-state index in [0.29, 0.717) is 18.1 Å². The Kier molecular flexibility index (Phi) is 5.49. The molecule has 0 radical (unpaired) electrons. The quantitative estimate of drug-likeness (QED) is 0.731. The predicted octanol–water partition coefficient (Wildman–Crippen LogP) is 2.48. The minimum absolute atomic E-state index is 0.251. The number of hydrogen-bond acceptors (Lipinski definition) is 3. The van der Waals surface area contributed by atoms with Crippen LogP contribution in [-0.4, -0.2) is 48.3 Å². The summed E-state index contributed by atoms with van der Waals surface area (Å²) in [6.45, 7) is 2.80. The second kappa shape index (κ2) is 7.36. The maximum Gasteiger partial charge on any atom is 0.407 e. The summed E-state index contributed by atoms with van der Waals surface area (Å²) >= 11 is 5.91. The molecule has 1 aliphatic heterocycles. The molecule has 1 atom stereocenters. The van der Waals surface area contributed by atoms with E-state index in [1.54, 1.807) is 0 Å². The number of halogens is 1. The second-order valence-electron chi connectivity index (χ2n) is 4.96. The van der Waals surface area contributed by atoms with Crippen LogP contribution >= 0.6 is 11.6 Å². The molecular formula is C14H20ClN3O2. The molecule has 0 aliphatic carbocycles. The Morgan fingerprint density at radius 3 is 3.05 bits per heavy atom. The molecule has 1 fully saturated rings. The van der Waals surface area contributed by atoms with E-state index < -0.39 is 6.09 Å². The topological polar surface area (TPSA) is 64.6 Å². The Balaban J connectivity index is 1.67. The molecule has 0 saturated carbocycles. The molecule has 1 saturated heterocycles. The first-order valence-corrected chi connectivity index (χ1v) is 7.23. The number of nitrogens with zero attached hydrogens (tertiary/aromatic N) is 1. The first kappa shape index (κ1) is 14.9. The van der Waals surface area contributed by atoms with Crippen LogP contribution in [-0.2, 0) is 0 Å². The average molecular weight is 298 g/mol. The highest BCUT2D eigenvalue weighted by Gasteiger charge is 2.22. The van der Waals surface area contributed by atoms with E-state index >= 15 is 0 Å². The third kappa shape index (κ3) is 4.58. The van der Waals surface area contributed by atoms with Gasteiger partial charge in [0, 0.05) is 42.9 Å². The Labute approximate surface area is 123 Å². The van der Waals surface area contributed by atoms with Gasteiger partial charge in [0.15, 0.2) is 0 Å². The number of anilines is 1. The third-order valence-electron chi connectivity index (χ3n) is 3.40. The van der Waals surface area contributed by atoms with Crippen LogP contribution in [0.2, 0.25) is 5.02 Å². The average Bonchev–Trinajstić information content (AvgIpc) is 2.44. The van der Waals surface area contributed by atoms with E-state index in [0.717, 1.165) is 31.6 Å². The molecule has 0 aromatic heterocycles. The van der Waals surface area contributed by atoms with Crippen LogP contribution in [0, 0.1) is 0 Å². The van der Waals surface area contributed by atoms with Gasteiger partial charge in [0.05, 0.1) is 0 Å². The van der Waals surface area contributed by atoms with Crippen molar-refractivity contribution in [2.45, 2.75) is 18.9 Å². The van der Waals surface area contributed by atoms with Crippen LogP contribution < -0.4 is 10.6 Å². The fraction of sp³-hybridized carbons (Fsp3) is 0.500. The van der Waals surface area contributed by atoms with E-state index in [-0.39, 0.29) is 6.04 Å². The smallest absolute Gasteiger partial charge is 0.407 e. The number of piperidine rings is 1. The van der Waals surface area contributed by atoms with Crippen molar-refractivity contribution >= 4 is 23.4 Å². The minimum Gasteiger partial charge on any atom is -0.465 e. The highest BCUT2D eigenvalue weighted by Crippen LogP contribution is 2.14. The van der Waals surface area contributed by atoms with Gasteiger partial charge in [-0.25, -0.2) is 4.79 Å². The van der Waals surface area contributed by atoms with Gasteiger partial charge < -0.3 is 20.6 Å². The van der Waals surface area contributed by atoms with Crippen LogP contribution in [0.5, 0.6) is 0 Å². The van der Waals surface area contributed by atoms with E-state index in [9.17, 15) is 4.79 Å². The van der Waals surface area contributed by atoms with Crippen molar-refractivity contribution in [2.24, 2.45) is 0 Å². The Morgan fingerprint density at radius 1 is 1.45 bits per heavy atom. The summed E-state index contributed by atoms with van der Waals surface area (Å²) < 4.78 is 0. The van der Waals surface area contributed by atoms with Crippen molar-refractivity contribution in [3.05, 3.63) is 29.3 Å². The molecule has 1 heterocycles. The second-order valence-corrected chi connectivity index (χ2v) is 5.40. The lowest BCUT2D eigenvalue weighted by atomic mass is 10.1. The van der Waals surface area contributed by atoms with Crippen molar-refractivity contribution in [1.29, 1.82) is 0 Å². The number of carbonyl (C=O) groups is 1. The normalized spacial score (nSPS) is 18.9. The van der Waals surface area contributed by atoms with Gasteiger partial charge in [-0.1, -0.05) is 17.7 Å². The number of rotatable bonds is 5. The van der Waals surface area contributed by atoms with E-state index in [1.165, 1.54) is 4.90 Å². The van der Waals surface area contributed by atoms with Gasteiger partial charge in [0.2, 0.25) is 0 Å². The summed E-state index contributed by atoms with van der Waals surface area (Å²) in [5.74, 6) is 0. The summed E-state index contributed by atoms with van der Waals surface area (Å²) in [4.78, 5) is 12.4. The molecule has 6 heteroatoms. The van der Waals surface area contributed by atoms with Crippen molar-refractivity contribution in [2.75, 3.05) is 31.5 Å². The molecule has 110 valence electrons. The van der Waals surface area contributed by atoms with Crippen molar-refractivity contribution < 1.29 is 9.90 Å². The molecular weight excluding hydrogens is 278 g/mol. The lowest BCUT2D eigenvalue weighted by Crippen LogP contribution is -2.48. The summed E-state index contributed by atoms with van der Waals surface area (Å²) in [5, 5.41) is 16.4. The highest BCUT2D eigenvalue weighted by atomic mass is 35.5. The molecule has 5 nitrogen and oxygen atoms in total. The van der Waals surface area contributed by atoms with Gasteiger partial charge in [-0.15, -0.1) is 0 Å². The van der Waals surface area contributed by atoms with Crippen LogP contribution in [0.1, 0.15) is 12.8 Å². The fourth-order valence-corrected chi connectivity index (χ4v) is 2.59. The molecule has 20 heavy (non-hydrogen) atoms. The van der Waals surface area contributed by atoms with E-state index in [2.05, 4.69) is 10.6 Å². The molecule has 1 aliphatic rings. The SMILES string of the molecule is O=C(O)N1CCC[C@@H](NCCNc2cccc(Cl)c2)C1. The molecule has 0 unspecified atom stereocenters. The molecule has 0 spiro atoms. The Bertz CT molecular complexity index is 456. The molecule has 1 amide bonds. The number of hydrogen-bond donors (Lipinski definition) is 3. The Morgan fingerprint density at radius 2 is 2.30 bits per heavy atom. The van der Waals surface area contributed by atoms with Crippen LogP contribution in [0.4, 0.5) is 10.5 Å². The van der Waals surface area contributed by atoms with Gasteiger partial charge in [0.25, 0.3) is 0 Å². The summed E-state index contributed by atoms with van der Waals surface area (Å²) in [5.41, 5.74) is 0.995. The largest absolute Gasteiger partial charge is 0.465 e. The maximum atomic E-state index is 10.9. The summed E-state index contributed by atoms with van der Waals surface area (Å²) in [6.07, 6.45) is 1.13. The van der Waals surface area contributed by atoms with Crippen LogP contribution in [0.25, 0.3) is 0 Å². The van der Waals surface area contributed by atoms with Crippen LogP contribution in [0.15, 0.2) is 24.3 Å². The predicted molar refractivity (Wildman–Crippen MR) is 80.6 cm³/mol.